The SMILES string of the molecule is Cc1ccc(Cl)cc1N1C(=O)C(Cl)=C(Nc2ccc(C(=O)Nc3ccc(C(=O)OC(C)C)cc3)cc2)C1=O. The largest absolute Gasteiger partial charge is 0.459 e. The van der Waals surface area contributed by atoms with Crippen LogP contribution in [0, 0.1) is 6.92 Å². The van der Waals surface area contributed by atoms with E-state index in [1.165, 1.54) is 6.07 Å². The van der Waals surface area contributed by atoms with E-state index in [2.05, 4.69) is 10.6 Å². The Labute approximate surface area is 229 Å². The van der Waals surface area contributed by atoms with Gasteiger partial charge in [-0.3, -0.25) is 14.4 Å². The van der Waals surface area contributed by atoms with Crippen LogP contribution in [0.25, 0.3) is 0 Å². The second kappa shape index (κ2) is 11.1. The first-order valence-corrected chi connectivity index (χ1v) is 12.3. The van der Waals surface area contributed by atoms with E-state index < -0.39 is 17.8 Å². The van der Waals surface area contributed by atoms with Gasteiger partial charge in [-0.25, -0.2) is 9.69 Å². The van der Waals surface area contributed by atoms with Crippen LogP contribution in [-0.4, -0.2) is 29.8 Å². The summed E-state index contributed by atoms with van der Waals surface area (Å²) in [6.07, 6.45) is -0.231. The lowest BCUT2D eigenvalue weighted by Gasteiger charge is -2.17. The van der Waals surface area contributed by atoms with Gasteiger partial charge in [-0.1, -0.05) is 29.3 Å². The third-order valence-corrected chi connectivity index (χ3v) is 6.16. The third-order valence-electron chi connectivity index (χ3n) is 5.58. The number of benzene rings is 3. The smallest absolute Gasteiger partial charge is 0.338 e. The minimum Gasteiger partial charge on any atom is -0.459 e. The number of nitrogens with zero attached hydrogens (tertiary/aromatic N) is 1. The summed E-state index contributed by atoms with van der Waals surface area (Å²) in [4.78, 5) is 51.4. The monoisotopic (exact) mass is 551 g/mol. The van der Waals surface area contributed by atoms with Crippen LogP contribution < -0.4 is 15.5 Å². The number of rotatable bonds is 7. The van der Waals surface area contributed by atoms with Crippen LogP contribution in [0.3, 0.4) is 0 Å². The van der Waals surface area contributed by atoms with Gasteiger partial charge < -0.3 is 15.4 Å². The number of carbonyl (C=O) groups excluding carboxylic acids is 4. The molecule has 0 spiro atoms. The number of ether oxygens (including phenoxy) is 1. The summed E-state index contributed by atoms with van der Waals surface area (Å²) in [7, 11) is 0. The molecule has 38 heavy (non-hydrogen) atoms. The number of aryl methyl sites for hydroxylation is 1. The molecule has 3 aromatic rings. The zero-order valence-corrected chi connectivity index (χ0v) is 22.2. The zero-order valence-electron chi connectivity index (χ0n) is 20.7. The Hall–Kier alpha value is -4.14. The van der Waals surface area contributed by atoms with Crippen LogP contribution in [0.2, 0.25) is 5.02 Å². The van der Waals surface area contributed by atoms with Crippen LogP contribution in [0.4, 0.5) is 17.1 Å². The van der Waals surface area contributed by atoms with Crippen molar-refractivity contribution >= 4 is 64.0 Å². The molecule has 0 aromatic heterocycles. The number of amides is 3. The molecule has 1 aliphatic heterocycles. The van der Waals surface area contributed by atoms with Crippen molar-refractivity contribution in [1.82, 2.24) is 0 Å². The molecule has 0 fully saturated rings. The fraction of sp³-hybridized carbons (Fsp3) is 0.143. The molecule has 3 aromatic carbocycles. The van der Waals surface area contributed by atoms with Crippen LogP contribution in [0.1, 0.15) is 40.1 Å². The molecule has 194 valence electrons. The van der Waals surface area contributed by atoms with E-state index in [0.717, 1.165) is 4.90 Å². The van der Waals surface area contributed by atoms with E-state index >= 15 is 0 Å². The number of halogens is 2. The highest BCUT2D eigenvalue weighted by atomic mass is 35.5. The van der Waals surface area contributed by atoms with Gasteiger partial charge in [0.2, 0.25) is 0 Å². The summed E-state index contributed by atoms with van der Waals surface area (Å²) in [5, 5.41) is 5.76. The molecule has 0 saturated carbocycles. The van der Waals surface area contributed by atoms with E-state index in [9.17, 15) is 19.2 Å². The lowest BCUT2D eigenvalue weighted by Crippen LogP contribution is -2.32. The highest BCUT2D eigenvalue weighted by molar-refractivity contribution is 6.53. The van der Waals surface area contributed by atoms with Gasteiger partial charge in [0.1, 0.15) is 10.7 Å². The summed E-state index contributed by atoms with van der Waals surface area (Å²) >= 11 is 12.3. The van der Waals surface area contributed by atoms with Crippen molar-refractivity contribution < 1.29 is 23.9 Å². The molecule has 3 amide bonds. The van der Waals surface area contributed by atoms with E-state index in [0.29, 0.717) is 38.8 Å². The molecule has 10 heteroatoms. The summed E-state index contributed by atoms with van der Waals surface area (Å²) in [6, 6.07) is 17.5. The van der Waals surface area contributed by atoms with Gasteiger partial charge >= 0.3 is 5.97 Å². The number of hydrogen-bond donors (Lipinski definition) is 2. The summed E-state index contributed by atoms with van der Waals surface area (Å²) < 4.78 is 5.15. The lowest BCUT2D eigenvalue weighted by molar-refractivity contribution is -0.120. The lowest BCUT2D eigenvalue weighted by atomic mass is 10.1. The number of carbonyl (C=O) groups is 4. The second-order valence-corrected chi connectivity index (χ2v) is 9.57. The van der Waals surface area contributed by atoms with E-state index in [4.69, 9.17) is 27.9 Å². The van der Waals surface area contributed by atoms with Crippen LogP contribution in [0.15, 0.2) is 77.5 Å². The Kier molecular flexibility index (Phi) is 7.85. The minimum absolute atomic E-state index is 0.0793. The standard InChI is InChI=1S/C28H23Cl2N3O5/c1-15(2)38-28(37)18-7-12-21(13-8-18)32-25(34)17-5-10-20(11-6-17)31-24-23(30)26(35)33(27(24)36)22-14-19(29)9-4-16(22)3/h4-15,31H,1-3H3,(H,32,34). The molecule has 0 unspecified atom stereocenters. The average Bonchev–Trinajstić information content (AvgIpc) is 3.09. The van der Waals surface area contributed by atoms with Gasteiger partial charge in [-0.05, 0) is 87.0 Å². The Bertz CT molecular complexity index is 1460. The molecular formula is C28H23Cl2N3O5. The molecule has 0 bridgehead atoms. The minimum atomic E-state index is -0.663. The van der Waals surface area contributed by atoms with Gasteiger partial charge in [-0.15, -0.1) is 0 Å². The first kappa shape index (κ1) is 26.9. The second-order valence-electron chi connectivity index (χ2n) is 8.75. The van der Waals surface area contributed by atoms with Crippen molar-refractivity contribution in [2.75, 3.05) is 15.5 Å². The molecule has 0 saturated heterocycles. The first-order chi connectivity index (χ1) is 18.0. The highest BCUT2D eigenvalue weighted by Crippen LogP contribution is 2.33. The number of nitrogens with one attached hydrogen (secondary N) is 2. The number of esters is 1. The van der Waals surface area contributed by atoms with Gasteiger partial charge in [0, 0.05) is 22.0 Å². The molecule has 4 rings (SSSR count). The highest BCUT2D eigenvalue weighted by Gasteiger charge is 2.39. The third kappa shape index (κ3) is 5.72. The predicted molar refractivity (Wildman–Crippen MR) is 147 cm³/mol. The van der Waals surface area contributed by atoms with Crippen molar-refractivity contribution in [2.24, 2.45) is 0 Å². The Balaban J connectivity index is 1.43. The molecule has 0 atom stereocenters. The van der Waals surface area contributed by atoms with Gasteiger partial charge in [0.15, 0.2) is 0 Å². The van der Waals surface area contributed by atoms with Crippen molar-refractivity contribution in [1.29, 1.82) is 0 Å². The maximum absolute atomic E-state index is 13.1. The summed E-state index contributed by atoms with van der Waals surface area (Å²) in [5.41, 5.74) is 2.63. The zero-order chi connectivity index (χ0) is 27.6. The van der Waals surface area contributed by atoms with E-state index in [1.54, 1.807) is 81.4 Å². The quantitative estimate of drug-likeness (QED) is 0.279. The molecule has 0 radical (unpaired) electrons. The Morgan fingerprint density at radius 2 is 1.45 bits per heavy atom. The summed E-state index contributed by atoms with van der Waals surface area (Å²) in [6.45, 7) is 5.28. The molecule has 8 nitrogen and oxygen atoms in total. The first-order valence-electron chi connectivity index (χ1n) is 11.6. The van der Waals surface area contributed by atoms with Gasteiger partial charge in [0.25, 0.3) is 17.7 Å². The van der Waals surface area contributed by atoms with Crippen LogP contribution in [0.5, 0.6) is 0 Å². The van der Waals surface area contributed by atoms with Gasteiger partial charge in [-0.2, -0.15) is 0 Å². The van der Waals surface area contributed by atoms with Crippen LogP contribution >= 0.6 is 23.2 Å². The molecule has 1 aliphatic rings. The van der Waals surface area contributed by atoms with Crippen molar-refractivity contribution in [3.8, 4) is 0 Å². The topological polar surface area (TPSA) is 105 Å². The Morgan fingerprint density at radius 1 is 0.842 bits per heavy atom. The number of imide groups is 1. The fourth-order valence-electron chi connectivity index (χ4n) is 3.68. The van der Waals surface area contributed by atoms with Crippen molar-refractivity contribution in [3.63, 3.8) is 0 Å². The van der Waals surface area contributed by atoms with E-state index in [-0.39, 0.29) is 22.7 Å². The average molecular weight is 552 g/mol. The fourth-order valence-corrected chi connectivity index (χ4v) is 4.06. The molecule has 1 heterocycles. The molecule has 2 N–H and O–H groups in total. The van der Waals surface area contributed by atoms with Crippen LogP contribution in [-0.2, 0) is 14.3 Å². The van der Waals surface area contributed by atoms with Crippen molar-refractivity contribution in [3.05, 3.63) is 99.2 Å². The Morgan fingerprint density at radius 3 is 2.08 bits per heavy atom. The maximum atomic E-state index is 13.1. The van der Waals surface area contributed by atoms with Crippen molar-refractivity contribution in [2.45, 2.75) is 26.9 Å². The normalized spacial score (nSPS) is 13.3. The van der Waals surface area contributed by atoms with Gasteiger partial charge in [0.05, 0.1) is 17.4 Å². The number of anilines is 3. The molecular weight excluding hydrogens is 529 g/mol. The maximum Gasteiger partial charge on any atom is 0.338 e. The van der Waals surface area contributed by atoms with E-state index in [1.807, 2.05) is 0 Å². The summed E-state index contributed by atoms with van der Waals surface area (Å²) in [5.74, 6) is -2.09. The number of hydrogen-bond acceptors (Lipinski definition) is 6. The molecule has 0 aliphatic carbocycles. The predicted octanol–water partition coefficient (Wildman–Crippen LogP) is 5.90.